The van der Waals surface area contributed by atoms with E-state index in [1.165, 1.54) is 6.07 Å². The van der Waals surface area contributed by atoms with Gasteiger partial charge in [0.1, 0.15) is 10.7 Å². The lowest BCUT2D eigenvalue weighted by molar-refractivity contribution is 0.192. The van der Waals surface area contributed by atoms with Crippen LogP contribution in [0.4, 0.5) is 5.82 Å². The normalized spacial score (nSPS) is 20.4. The van der Waals surface area contributed by atoms with Gasteiger partial charge in [-0.15, -0.1) is 0 Å². The standard InChI is InChI=1S/C10H15N3O3S/c1-11-10-9(3-2-5-12-10)17(14,15)13-8-4-6-16-7-8/h2-3,5,8,13H,4,6-7H2,1H3,(H,11,12). The molecule has 7 heteroatoms. The number of rotatable bonds is 4. The molecular formula is C10H15N3O3S. The van der Waals surface area contributed by atoms with Gasteiger partial charge in [-0.3, -0.25) is 0 Å². The first-order valence-corrected chi connectivity index (χ1v) is 6.84. The quantitative estimate of drug-likeness (QED) is 0.805. The highest BCUT2D eigenvalue weighted by Gasteiger charge is 2.25. The number of sulfonamides is 1. The molecule has 0 spiro atoms. The molecule has 2 rings (SSSR count). The molecule has 94 valence electrons. The van der Waals surface area contributed by atoms with E-state index in [1.807, 2.05) is 0 Å². The molecule has 0 amide bonds. The zero-order valence-electron chi connectivity index (χ0n) is 9.51. The van der Waals surface area contributed by atoms with Gasteiger partial charge in [-0.2, -0.15) is 0 Å². The van der Waals surface area contributed by atoms with Crippen LogP contribution in [0.5, 0.6) is 0 Å². The van der Waals surface area contributed by atoms with Crippen molar-refractivity contribution in [3.05, 3.63) is 18.3 Å². The number of hydrogen-bond donors (Lipinski definition) is 2. The van der Waals surface area contributed by atoms with E-state index in [0.29, 0.717) is 25.5 Å². The zero-order chi connectivity index (χ0) is 12.3. The summed E-state index contributed by atoms with van der Waals surface area (Å²) in [5.74, 6) is 0.346. The van der Waals surface area contributed by atoms with Crippen molar-refractivity contribution < 1.29 is 13.2 Å². The van der Waals surface area contributed by atoms with Gasteiger partial charge < -0.3 is 10.1 Å². The van der Waals surface area contributed by atoms with Crippen LogP contribution < -0.4 is 10.0 Å². The SMILES string of the molecule is CNc1ncccc1S(=O)(=O)NC1CCOC1. The molecule has 1 aromatic heterocycles. The maximum absolute atomic E-state index is 12.1. The van der Waals surface area contributed by atoms with Gasteiger partial charge in [0.2, 0.25) is 10.0 Å². The largest absolute Gasteiger partial charge is 0.380 e. The topological polar surface area (TPSA) is 80.3 Å². The molecule has 1 aromatic rings. The second-order valence-electron chi connectivity index (χ2n) is 3.78. The van der Waals surface area contributed by atoms with Crippen molar-refractivity contribution in [3.63, 3.8) is 0 Å². The second kappa shape index (κ2) is 4.99. The van der Waals surface area contributed by atoms with Crippen molar-refractivity contribution in [2.45, 2.75) is 17.4 Å². The van der Waals surface area contributed by atoms with Crippen LogP contribution in [0.15, 0.2) is 23.2 Å². The van der Waals surface area contributed by atoms with E-state index < -0.39 is 10.0 Å². The van der Waals surface area contributed by atoms with Crippen LogP contribution in [0, 0.1) is 0 Å². The molecule has 1 saturated heterocycles. The molecule has 2 N–H and O–H groups in total. The Labute approximate surface area is 100 Å². The maximum atomic E-state index is 12.1. The Morgan fingerprint density at radius 2 is 2.35 bits per heavy atom. The summed E-state index contributed by atoms with van der Waals surface area (Å²) in [4.78, 5) is 4.14. The van der Waals surface area contributed by atoms with E-state index in [-0.39, 0.29) is 10.9 Å². The van der Waals surface area contributed by atoms with Crippen LogP contribution in [0.2, 0.25) is 0 Å². The van der Waals surface area contributed by atoms with Crippen LogP contribution in [0.3, 0.4) is 0 Å². The van der Waals surface area contributed by atoms with Gasteiger partial charge in [-0.25, -0.2) is 18.1 Å². The summed E-state index contributed by atoms with van der Waals surface area (Å²) in [7, 11) is -1.90. The average molecular weight is 257 g/mol. The van der Waals surface area contributed by atoms with Crippen LogP contribution in [0.25, 0.3) is 0 Å². The Hall–Kier alpha value is -1.18. The van der Waals surface area contributed by atoms with Crippen molar-refractivity contribution >= 4 is 15.8 Å². The van der Waals surface area contributed by atoms with E-state index in [1.54, 1.807) is 19.3 Å². The Morgan fingerprint density at radius 3 is 3.00 bits per heavy atom. The first kappa shape index (κ1) is 12.3. The summed E-state index contributed by atoms with van der Waals surface area (Å²) >= 11 is 0. The van der Waals surface area contributed by atoms with Gasteiger partial charge in [0.05, 0.1) is 6.61 Å². The summed E-state index contributed by atoms with van der Waals surface area (Å²) in [5.41, 5.74) is 0. The molecule has 17 heavy (non-hydrogen) atoms. The number of nitrogens with one attached hydrogen (secondary N) is 2. The molecule has 6 nitrogen and oxygen atoms in total. The fourth-order valence-electron chi connectivity index (χ4n) is 1.71. The summed E-state index contributed by atoms with van der Waals surface area (Å²) in [6.07, 6.45) is 2.25. The van der Waals surface area contributed by atoms with Crippen molar-refractivity contribution in [1.29, 1.82) is 0 Å². The fraction of sp³-hybridized carbons (Fsp3) is 0.500. The van der Waals surface area contributed by atoms with Gasteiger partial charge in [-0.1, -0.05) is 0 Å². The monoisotopic (exact) mass is 257 g/mol. The van der Waals surface area contributed by atoms with Crippen molar-refractivity contribution in [2.75, 3.05) is 25.6 Å². The zero-order valence-corrected chi connectivity index (χ0v) is 10.3. The summed E-state index contributed by atoms with van der Waals surface area (Å²) in [6.45, 7) is 1.02. The minimum absolute atomic E-state index is 0.148. The highest BCUT2D eigenvalue weighted by molar-refractivity contribution is 7.89. The van der Waals surface area contributed by atoms with Crippen molar-refractivity contribution in [3.8, 4) is 0 Å². The second-order valence-corrected chi connectivity index (χ2v) is 5.46. The first-order valence-electron chi connectivity index (χ1n) is 5.36. The van der Waals surface area contributed by atoms with E-state index in [4.69, 9.17) is 4.74 Å². The lowest BCUT2D eigenvalue weighted by Crippen LogP contribution is -2.35. The predicted octanol–water partition coefficient (Wildman–Crippen LogP) is 0.190. The van der Waals surface area contributed by atoms with E-state index in [2.05, 4.69) is 15.0 Å². The van der Waals surface area contributed by atoms with E-state index >= 15 is 0 Å². The predicted molar refractivity (Wildman–Crippen MR) is 63.3 cm³/mol. The first-order chi connectivity index (χ1) is 8.13. The number of hydrogen-bond acceptors (Lipinski definition) is 5. The highest BCUT2D eigenvalue weighted by Crippen LogP contribution is 2.18. The van der Waals surface area contributed by atoms with Crippen molar-refractivity contribution in [1.82, 2.24) is 9.71 Å². The molecule has 1 fully saturated rings. The molecule has 1 unspecified atom stereocenters. The maximum Gasteiger partial charge on any atom is 0.244 e. The van der Waals surface area contributed by atoms with Gasteiger partial charge in [0.15, 0.2) is 0 Å². The summed E-state index contributed by atoms with van der Waals surface area (Å²) < 4.78 is 32.0. The van der Waals surface area contributed by atoms with Gasteiger partial charge in [-0.05, 0) is 18.6 Å². The fourth-order valence-corrected chi connectivity index (χ4v) is 3.12. The van der Waals surface area contributed by atoms with Crippen LogP contribution in [0.1, 0.15) is 6.42 Å². The van der Waals surface area contributed by atoms with Gasteiger partial charge >= 0.3 is 0 Å². The number of anilines is 1. The lowest BCUT2D eigenvalue weighted by atomic mass is 10.3. The third-order valence-electron chi connectivity index (χ3n) is 2.55. The van der Waals surface area contributed by atoms with Gasteiger partial charge in [0.25, 0.3) is 0 Å². The highest BCUT2D eigenvalue weighted by atomic mass is 32.2. The Bertz CT molecular complexity index is 483. The van der Waals surface area contributed by atoms with Gasteiger partial charge in [0, 0.05) is 25.9 Å². The molecule has 0 aromatic carbocycles. The van der Waals surface area contributed by atoms with E-state index in [9.17, 15) is 8.42 Å². The third-order valence-corrected chi connectivity index (χ3v) is 4.10. The Kier molecular flexibility index (Phi) is 3.60. The minimum Gasteiger partial charge on any atom is -0.380 e. The molecule has 1 atom stereocenters. The Morgan fingerprint density at radius 1 is 1.53 bits per heavy atom. The molecule has 0 saturated carbocycles. The smallest absolute Gasteiger partial charge is 0.244 e. The van der Waals surface area contributed by atoms with Crippen LogP contribution >= 0.6 is 0 Å². The Balaban J connectivity index is 2.24. The molecular weight excluding hydrogens is 242 g/mol. The average Bonchev–Trinajstić information content (AvgIpc) is 2.81. The summed E-state index contributed by atoms with van der Waals surface area (Å²) in [6, 6.07) is 2.97. The third kappa shape index (κ3) is 2.74. The number of ether oxygens (including phenoxy) is 1. The van der Waals surface area contributed by atoms with Crippen LogP contribution in [-0.2, 0) is 14.8 Å². The number of aromatic nitrogens is 1. The number of nitrogens with zero attached hydrogens (tertiary/aromatic N) is 1. The molecule has 2 heterocycles. The van der Waals surface area contributed by atoms with Crippen LogP contribution in [-0.4, -0.2) is 39.7 Å². The molecule has 0 bridgehead atoms. The molecule has 1 aliphatic rings. The summed E-state index contributed by atoms with van der Waals surface area (Å²) in [5, 5.41) is 2.77. The molecule has 0 aliphatic carbocycles. The minimum atomic E-state index is -3.54. The molecule has 1 aliphatic heterocycles. The lowest BCUT2D eigenvalue weighted by Gasteiger charge is -2.13. The molecule has 0 radical (unpaired) electrons. The van der Waals surface area contributed by atoms with E-state index in [0.717, 1.165) is 0 Å². The van der Waals surface area contributed by atoms with Crippen molar-refractivity contribution in [2.24, 2.45) is 0 Å². The number of pyridine rings is 1.